The largest absolute Gasteiger partial charge is 0.497 e. The summed E-state index contributed by atoms with van der Waals surface area (Å²) in [5, 5.41) is 10.2. The van der Waals surface area contributed by atoms with Gasteiger partial charge in [-0.05, 0) is 65.7 Å². The van der Waals surface area contributed by atoms with Crippen LogP contribution in [0.4, 0.5) is 0 Å². The zero-order valence-corrected chi connectivity index (χ0v) is 23.3. The van der Waals surface area contributed by atoms with Crippen LogP contribution in [-0.4, -0.2) is 30.4 Å². The van der Waals surface area contributed by atoms with E-state index in [1.807, 2.05) is 36.4 Å². The summed E-state index contributed by atoms with van der Waals surface area (Å²) in [7, 11) is 3.22. The normalized spacial score (nSPS) is 10.6. The highest BCUT2D eigenvalue weighted by Gasteiger charge is 2.15. The minimum Gasteiger partial charge on any atom is -0.497 e. The van der Waals surface area contributed by atoms with E-state index in [0.717, 1.165) is 5.56 Å². The fraction of sp³-hybridized carbons (Fsp3) is 0.121. The van der Waals surface area contributed by atoms with Crippen molar-refractivity contribution in [3.05, 3.63) is 124 Å². The first-order chi connectivity index (χ1) is 20.0. The van der Waals surface area contributed by atoms with Crippen molar-refractivity contribution < 1.29 is 14.2 Å². The Balaban J connectivity index is 1.53. The Morgan fingerprint density at radius 1 is 0.878 bits per heavy atom. The summed E-state index contributed by atoms with van der Waals surface area (Å²) in [4.78, 5) is 18.0. The molecule has 0 aliphatic rings. The molecule has 0 saturated heterocycles. The number of halogens is 1. The highest BCUT2D eigenvalue weighted by atomic mass is 35.5. The zero-order valence-electron chi connectivity index (χ0n) is 22.5. The fourth-order valence-electron chi connectivity index (χ4n) is 4.56. The Bertz CT molecular complexity index is 1770. The van der Waals surface area contributed by atoms with Gasteiger partial charge in [0.2, 0.25) is 0 Å². The molecule has 0 atom stereocenters. The van der Waals surface area contributed by atoms with Crippen LogP contribution in [0, 0.1) is 11.3 Å². The monoisotopic (exact) mass is 563 g/mol. The lowest BCUT2D eigenvalue weighted by atomic mass is 9.98. The number of aromatic nitrogens is 2. The summed E-state index contributed by atoms with van der Waals surface area (Å²) in [6.07, 6.45) is 5.59. The summed E-state index contributed by atoms with van der Waals surface area (Å²) >= 11 is 6.51. The molecule has 8 heteroatoms. The molecule has 7 nitrogen and oxygen atoms in total. The number of hydrogen-bond acceptors (Lipinski definition) is 6. The van der Waals surface area contributed by atoms with E-state index in [0.29, 0.717) is 68.8 Å². The van der Waals surface area contributed by atoms with Gasteiger partial charge in [-0.3, -0.25) is 14.3 Å². The van der Waals surface area contributed by atoms with Crippen LogP contribution in [0.3, 0.4) is 0 Å². The highest BCUT2D eigenvalue weighted by molar-refractivity contribution is 6.31. The van der Waals surface area contributed by atoms with Crippen molar-refractivity contribution >= 4 is 11.6 Å². The first-order valence-electron chi connectivity index (χ1n) is 12.8. The van der Waals surface area contributed by atoms with E-state index in [9.17, 15) is 10.1 Å². The maximum atomic E-state index is 13.8. The molecule has 0 N–H and O–H groups in total. The second-order valence-electron chi connectivity index (χ2n) is 9.18. The first-order valence-corrected chi connectivity index (χ1v) is 13.2. The van der Waals surface area contributed by atoms with E-state index < -0.39 is 0 Å². The number of hydrogen-bond donors (Lipinski definition) is 0. The lowest BCUT2D eigenvalue weighted by Gasteiger charge is -2.14. The minimum atomic E-state index is -0.257. The van der Waals surface area contributed by atoms with Crippen LogP contribution in [-0.2, 0) is 6.42 Å². The summed E-state index contributed by atoms with van der Waals surface area (Å²) in [5.41, 5.74) is 4.25. The SMILES string of the molecule is COc1cc(CCOc2cc(Cl)cc(-c3cc(-c4ccccc4C#N)cn(-c4cccnc4)c3=O)c2)cc(OC)c1. The molecule has 2 aromatic heterocycles. The van der Waals surface area contributed by atoms with Gasteiger partial charge in [0.15, 0.2) is 0 Å². The lowest BCUT2D eigenvalue weighted by Crippen LogP contribution is -2.20. The average Bonchev–Trinajstić information content (AvgIpc) is 3.01. The van der Waals surface area contributed by atoms with Crippen molar-refractivity contribution in [2.45, 2.75) is 6.42 Å². The number of benzene rings is 3. The molecule has 0 radical (unpaired) electrons. The molecule has 3 aromatic carbocycles. The van der Waals surface area contributed by atoms with E-state index in [1.165, 1.54) is 4.57 Å². The van der Waals surface area contributed by atoms with E-state index in [1.54, 1.807) is 75.3 Å². The van der Waals surface area contributed by atoms with Crippen molar-refractivity contribution in [3.63, 3.8) is 0 Å². The number of rotatable bonds is 9. The van der Waals surface area contributed by atoms with E-state index >= 15 is 0 Å². The van der Waals surface area contributed by atoms with Crippen molar-refractivity contribution in [3.8, 4) is 51.3 Å². The summed E-state index contributed by atoms with van der Waals surface area (Å²) in [6, 6.07) is 25.8. The molecular formula is C33H26ClN3O4. The van der Waals surface area contributed by atoms with Crippen LogP contribution in [0.5, 0.6) is 17.2 Å². The van der Waals surface area contributed by atoms with Crippen LogP contribution >= 0.6 is 11.6 Å². The van der Waals surface area contributed by atoms with Gasteiger partial charge in [0.25, 0.3) is 5.56 Å². The third-order valence-corrected chi connectivity index (χ3v) is 6.77. The third-order valence-electron chi connectivity index (χ3n) is 6.55. The van der Waals surface area contributed by atoms with E-state index in [-0.39, 0.29) is 5.56 Å². The van der Waals surface area contributed by atoms with Crippen LogP contribution in [0.25, 0.3) is 27.9 Å². The number of nitriles is 1. The van der Waals surface area contributed by atoms with Gasteiger partial charge in [-0.2, -0.15) is 5.26 Å². The van der Waals surface area contributed by atoms with Crippen molar-refractivity contribution in [1.82, 2.24) is 9.55 Å². The number of ether oxygens (including phenoxy) is 3. The Kier molecular flexibility index (Phi) is 8.33. The molecule has 0 amide bonds. The number of nitrogens with zero attached hydrogens (tertiary/aromatic N) is 3. The Hall–Kier alpha value is -5.06. The maximum Gasteiger partial charge on any atom is 0.263 e. The van der Waals surface area contributed by atoms with Crippen LogP contribution < -0.4 is 19.8 Å². The molecule has 0 aliphatic heterocycles. The molecule has 2 heterocycles. The van der Waals surface area contributed by atoms with Crippen molar-refractivity contribution in [1.29, 1.82) is 5.26 Å². The van der Waals surface area contributed by atoms with Gasteiger partial charge in [0, 0.05) is 46.6 Å². The Morgan fingerprint density at radius 3 is 2.37 bits per heavy atom. The van der Waals surface area contributed by atoms with Gasteiger partial charge >= 0.3 is 0 Å². The zero-order chi connectivity index (χ0) is 28.8. The second-order valence-corrected chi connectivity index (χ2v) is 9.62. The average molecular weight is 564 g/mol. The number of methoxy groups -OCH3 is 2. The quantitative estimate of drug-likeness (QED) is 0.198. The maximum absolute atomic E-state index is 13.8. The first kappa shape index (κ1) is 27.5. The molecular weight excluding hydrogens is 538 g/mol. The van der Waals surface area contributed by atoms with Gasteiger partial charge in [0.05, 0.1) is 44.3 Å². The number of pyridine rings is 2. The van der Waals surface area contributed by atoms with Gasteiger partial charge in [-0.25, -0.2) is 0 Å². The molecule has 0 spiro atoms. The molecule has 0 bridgehead atoms. The van der Waals surface area contributed by atoms with Crippen molar-refractivity contribution in [2.24, 2.45) is 0 Å². The Labute approximate surface area is 242 Å². The second kappa shape index (κ2) is 12.4. The predicted octanol–water partition coefficient (Wildman–Crippen LogP) is 6.73. The molecule has 41 heavy (non-hydrogen) atoms. The summed E-state index contributed by atoms with van der Waals surface area (Å²) in [6.45, 7) is 0.367. The smallest absolute Gasteiger partial charge is 0.263 e. The Morgan fingerprint density at radius 2 is 1.66 bits per heavy atom. The van der Waals surface area contributed by atoms with Gasteiger partial charge in [-0.1, -0.05) is 29.8 Å². The molecule has 5 rings (SSSR count). The molecule has 5 aromatic rings. The molecule has 0 aliphatic carbocycles. The van der Waals surface area contributed by atoms with E-state index in [4.69, 9.17) is 25.8 Å². The fourth-order valence-corrected chi connectivity index (χ4v) is 4.78. The predicted molar refractivity (Wildman–Crippen MR) is 159 cm³/mol. The molecule has 204 valence electrons. The van der Waals surface area contributed by atoms with E-state index in [2.05, 4.69) is 11.1 Å². The minimum absolute atomic E-state index is 0.257. The van der Waals surface area contributed by atoms with Crippen LogP contribution in [0.15, 0.2) is 102 Å². The highest BCUT2D eigenvalue weighted by Crippen LogP contribution is 2.31. The van der Waals surface area contributed by atoms with Crippen LogP contribution in [0.2, 0.25) is 5.02 Å². The van der Waals surface area contributed by atoms with Gasteiger partial charge in [0.1, 0.15) is 17.2 Å². The van der Waals surface area contributed by atoms with Gasteiger partial charge < -0.3 is 14.2 Å². The molecule has 0 fully saturated rings. The molecule has 0 unspecified atom stereocenters. The van der Waals surface area contributed by atoms with Crippen LogP contribution in [0.1, 0.15) is 11.1 Å². The topological polar surface area (TPSA) is 86.4 Å². The van der Waals surface area contributed by atoms with Crippen molar-refractivity contribution in [2.75, 3.05) is 20.8 Å². The molecule has 0 saturated carbocycles. The lowest BCUT2D eigenvalue weighted by molar-refractivity contribution is 0.321. The summed E-state index contributed by atoms with van der Waals surface area (Å²) < 4.78 is 18.3. The summed E-state index contributed by atoms with van der Waals surface area (Å²) in [5.74, 6) is 1.93. The van der Waals surface area contributed by atoms with Gasteiger partial charge in [-0.15, -0.1) is 0 Å². The standard InChI is InChI=1S/C33H26ClN3O4/c1-39-28-12-22(13-29(18-28)40-2)9-11-41-30-15-24(14-26(34)17-30)32-16-25(31-8-4-3-6-23(31)19-35)21-37(33(32)38)27-7-5-10-36-20-27/h3-8,10,12-18,20-21H,9,11H2,1-2H3. The third kappa shape index (κ3) is 6.24.